The number of nitrogens with zero attached hydrogens (tertiary/aromatic N) is 1. The van der Waals surface area contributed by atoms with Gasteiger partial charge < -0.3 is 25.7 Å². The molecule has 166 valence electrons. The molecule has 3 rings (SSSR count). The number of amides is 3. The lowest BCUT2D eigenvalue weighted by Gasteiger charge is -2.13. The molecule has 32 heavy (non-hydrogen) atoms. The fourth-order valence-corrected chi connectivity index (χ4v) is 2.65. The molecule has 12 heteroatoms. The molecule has 0 spiro atoms. The Morgan fingerprint density at radius 2 is 1.50 bits per heavy atom. The molecule has 3 amide bonds. The Bertz CT molecular complexity index is 1140. The Morgan fingerprint density at radius 1 is 0.906 bits per heavy atom. The maximum absolute atomic E-state index is 12.5. The maximum atomic E-state index is 12.5. The number of benzene rings is 2. The van der Waals surface area contributed by atoms with Gasteiger partial charge in [-0.2, -0.15) is 0 Å². The molecule has 0 aliphatic rings. The molecule has 1 aromatic heterocycles. The third-order valence-corrected chi connectivity index (χ3v) is 4.07. The molecule has 3 aromatic rings. The lowest BCUT2D eigenvalue weighted by molar-refractivity contribution is -0.274. The summed E-state index contributed by atoms with van der Waals surface area (Å²) in [5, 5.41) is 7.39. The zero-order chi connectivity index (χ0) is 23.3. The van der Waals surface area contributed by atoms with Crippen LogP contribution in [0, 0.1) is 0 Å². The van der Waals surface area contributed by atoms with Crippen LogP contribution in [0.25, 0.3) is 0 Å². The monoisotopic (exact) mass is 447 g/mol. The Kier molecular flexibility index (Phi) is 6.42. The molecule has 2 aromatic carbocycles. The van der Waals surface area contributed by atoms with Crippen LogP contribution in [0.2, 0.25) is 0 Å². The van der Waals surface area contributed by atoms with E-state index in [0.29, 0.717) is 5.69 Å². The van der Waals surface area contributed by atoms with E-state index in [2.05, 4.69) is 30.7 Å². The Hall–Kier alpha value is -4.35. The summed E-state index contributed by atoms with van der Waals surface area (Å²) in [6, 6.07) is 10.7. The SMILES string of the molecule is CNC(=O)c1nc[nH]c1C(=O)Nc1ccc(NC(=O)c2ccccc2OC(F)(F)F)cc1. The van der Waals surface area contributed by atoms with Crippen molar-refractivity contribution in [1.29, 1.82) is 0 Å². The number of hydrogen-bond donors (Lipinski definition) is 4. The molecule has 4 N–H and O–H groups in total. The van der Waals surface area contributed by atoms with Crippen LogP contribution in [0.1, 0.15) is 31.3 Å². The van der Waals surface area contributed by atoms with Gasteiger partial charge in [0.15, 0.2) is 5.69 Å². The largest absolute Gasteiger partial charge is 0.573 e. The third-order valence-electron chi connectivity index (χ3n) is 4.07. The first-order valence-electron chi connectivity index (χ1n) is 9.01. The highest BCUT2D eigenvalue weighted by Crippen LogP contribution is 2.27. The van der Waals surface area contributed by atoms with Gasteiger partial charge in [0.2, 0.25) is 0 Å². The number of aromatic nitrogens is 2. The summed E-state index contributed by atoms with van der Waals surface area (Å²) in [5.41, 5.74) is 0.188. The van der Waals surface area contributed by atoms with Gasteiger partial charge in [-0.3, -0.25) is 14.4 Å². The number of halogens is 3. The lowest BCUT2D eigenvalue weighted by atomic mass is 10.2. The van der Waals surface area contributed by atoms with Crippen LogP contribution in [-0.4, -0.2) is 41.1 Å². The molecule has 0 radical (unpaired) electrons. The summed E-state index contributed by atoms with van der Waals surface area (Å²) in [6.07, 6.45) is -3.74. The minimum atomic E-state index is -4.94. The average molecular weight is 447 g/mol. The van der Waals surface area contributed by atoms with Gasteiger partial charge in [-0.25, -0.2) is 4.98 Å². The van der Waals surface area contributed by atoms with Gasteiger partial charge in [0.1, 0.15) is 11.4 Å². The van der Waals surface area contributed by atoms with Crippen molar-refractivity contribution in [3.8, 4) is 5.75 Å². The second-order valence-corrected chi connectivity index (χ2v) is 6.23. The molecule has 0 bridgehead atoms. The molecule has 9 nitrogen and oxygen atoms in total. The lowest BCUT2D eigenvalue weighted by Crippen LogP contribution is -2.23. The first-order valence-corrected chi connectivity index (χ1v) is 9.01. The number of imidazole rings is 1. The number of para-hydroxylation sites is 1. The van der Waals surface area contributed by atoms with Crippen LogP contribution in [0.15, 0.2) is 54.9 Å². The normalized spacial score (nSPS) is 10.9. The number of nitrogens with one attached hydrogen (secondary N) is 4. The molecular formula is C20H16F3N5O4. The standard InChI is InChI=1S/C20H16F3N5O4/c1-24-18(30)15-16(26-10-25-15)19(31)28-12-8-6-11(7-9-12)27-17(29)13-4-2-3-5-14(13)32-20(21,22)23/h2-10H,1H3,(H,24,30)(H,25,26)(H,27,29)(H,28,31). The van der Waals surface area contributed by atoms with Crippen LogP contribution in [0.5, 0.6) is 5.75 Å². The number of ether oxygens (including phenoxy) is 1. The van der Waals surface area contributed by atoms with E-state index in [1.165, 1.54) is 55.8 Å². The number of H-pyrrole nitrogens is 1. The maximum Gasteiger partial charge on any atom is 0.573 e. The highest BCUT2D eigenvalue weighted by atomic mass is 19.4. The van der Waals surface area contributed by atoms with Crippen molar-refractivity contribution in [2.45, 2.75) is 6.36 Å². The molecule has 1 heterocycles. The van der Waals surface area contributed by atoms with Crippen molar-refractivity contribution in [3.05, 3.63) is 71.8 Å². The van der Waals surface area contributed by atoms with E-state index in [-0.39, 0.29) is 22.6 Å². The molecule has 0 saturated heterocycles. The van der Waals surface area contributed by atoms with E-state index in [1.807, 2.05) is 0 Å². The first kappa shape index (κ1) is 22.3. The van der Waals surface area contributed by atoms with E-state index in [1.54, 1.807) is 0 Å². The molecule has 0 unspecified atom stereocenters. The minimum absolute atomic E-state index is 0.0389. The van der Waals surface area contributed by atoms with Crippen molar-refractivity contribution in [2.75, 3.05) is 17.7 Å². The number of aromatic amines is 1. The third kappa shape index (κ3) is 5.41. The second-order valence-electron chi connectivity index (χ2n) is 6.23. The predicted octanol–water partition coefficient (Wildman–Crippen LogP) is 3.17. The van der Waals surface area contributed by atoms with Gasteiger partial charge in [0.25, 0.3) is 17.7 Å². The van der Waals surface area contributed by atoms with Crippen LogP contribution >= 0.6 is 0 Å². The summed E-state index contributed by atoms with van der Waals surface area (Å²) in [4.78, 5) is 42.9. The second kappa shape index (κ2) is 9.20. The molecule has 0 atom stereocenters. The Balaban J connectivity index is 1.68. The summed E-state index contributed by atoms with van der Waals surface area (Å²) >= 11 is 0. The summed E-state index contributed by atoms with van der Waals surface area (Å²) in [6.45, 7) is 0. The molecular weight excluding hydrogens is 431 g/mol. The van der Waals surface area contributed by atoms with Gasteiger partial charge in [-0.05, 0) is 36.4 Å². The topological polar surface area (TPSA) is 125 Å². The number of hydrogen-bond acceptors (Lipinski definition) is 5. The van der Waals surface area contributed by atoms with Gasteiger partial charge in [-0.1, -0.05) is 12.1 Å². The van der Waals surface area contributed by atoms with Gasteiger partial charge >= 0.3 is 6.36 Å². The van der Waals surface area contributed by atoms with E-state index < -0.39 is 29.8 Å². The molecule has 0 saturated carbocycles. The van der Waals surface area contributed by atoms with Gasteiger partial charge in [0, 0.05) is 18.4 Å². The van der Waals surface area contributed by atoms with Crippen LogP contribution in [0.3, 0.4) is 0 Å². The van der Waals surface area contributed by atoms with Crippen molar-refractivity contribution in [1.82, 2.24) is 15.3 Å². The van der Waals surface area contributed by atoms with Crippen LogP contribution in [-0.2, 0) is 0 Å². The zero-order valence-electron chi connectivity index (χ0n) is 16.4. The highest BCUT2D eigenvalue weighted by Gasteiger charge is 2.32. The van der Waals surface area contributed by atoms with Crippen molar-refractivity contribution in [3.63, 3.8) is 0 Å². The first-order chi connectivity index (χ1) is 15.2. The smallest absolute Gasteiger partial charge is 0.405 e. The zero-order valence-corrected chi connectivity index (χ0v) is 16.4. The number of anilines is 2. The quantitative estimate of drug-likeness (QED) is 0.462. The fraction of sp³-hybridized carbons (Fsp3) is 0.100. The average Bonchev–Trinajstić information content (AvgIpc) is 3.24. The van der Waals surface area contributed by atoms with E-state index in [4.69, 9.17) is 0 Å². The molecule has 0 aliphatic carbocycles. The Morgan fingerprint density at radius 3 is 2.09 bits per heavy atom. The number of carbonyl (C=O) groups is 3. The highest BCUT2D eigenvalue weighted by molar-refractivity contribution is 6.10. The van der Waals surface area contributed by atoms with Crippen LogP contribution in [0.4, 0.5) is 24.5 Å². The van der Waals surface area contributed by atoms with Crippen LogP contribution < -0.4 is 20.7 Å². The van der Waals surface area contributed by atoms with Gasteiger partial charge in [-0.15, -0.1) is 13.2 Å². The summed E-state index contributed by atoms with van der Waals surface area (Å²) in [5.74, 6) is -2.59. The van der Waals surface area contributed by atoms with E-state index in [9.17, 15) is 27.6 Å². The number of rotatable bonds is 6. The number of alkyl halides is 3. The summed E-state index contributed by atoms with van der Waals surface area (Å²) in [7, 11) is 1.40. The number of carbonyl (C=O) groups excluding carboxylic acids is 3. The molecule has 0 aliphatic heterocycles. The molecule has 0 fully saturated rings. The minimum Gasteiger partial charge on any atom is -0.405 e. The Labute approximate surface area is 179 Å². The fourth-order valence-electron chi connectivity index (χ4n) is 2.65. The van der Waals surface area contributed by atoms with Crippen molar-refractivity contribution >= 4 is 29.1 Å². The van der Waals surface area contributed by atoms with Crippen molar-refractivity contribution < 1.29 is 32.3 Å². The van der Waals surface area contributed by atoms with Crippen molar-refractivity contribution in [2.24, 2.45) is 0 Å². The predicted molar refractivity (Wildman–Crippen MR) is 107 cm³/mol. The summed E-state index contributed by atoms with van der Waals surface area (Å²) < 4.78 is 41.5. The van der Waals surface area contributed by atoms with E-state index >= 15 is 0 Å². The van der Waals surface area contributed by atoms with E-state index in [0.717, 1.165) is 6.07 Å². The van der Waals surface area contributed by atoms with Gasteiger partial charge in [0.05, 0.1) is 11.9 Å².